The molecule has 0 aliphatic carbocycles. The maximum absolute atomic E-state index is 5.69. The number of nitrogens with two attached hydrogens (primary N) is 1. The van der Waals surface area contributed by atoms with E-state index in [9.17, 15) is 0 Å². The molecule has 2 unspecified atom stereocenters. The van der Waals surface area contributed by atoms with Gasteiger partial charge in [0.1, 0.15) is 0 Å². The summed E-state index contributed by atoms with van der Waals surface area (Å²) < 4.78 is 0. The molecule has 3 N–H and O–H groups in total. The van der Waals surface area contributed by atoms with Crippen molar-refractivity contribution in [2.75, 3.05) is 18.8 Å². The summed E-state index contributed by atoms with van der Waals surface area (Å²) in [6.45, 7) is 6.36. The Hall–Kier alpha value is 0.270. The molecule has 1 heterocycles. The first-order valence-corrected chi connectivity index (χ1v) is 6.34. The summed E-state index contributed by atoms with van der Waals surface area (Å²) in [5.41, 5.74) is 5.69. The van der Waals surface area contributed by atoms with Crippen molar-refractivity contribution in [1.82, 2.24) is 5.32 Å². The Morgan fingerprint density at radius 1 is 1.54 bits per heavy atom. The first-order valence-electron chi connectivity index (χ1n) is 5.29. The predicted molar refractivity (Wildman–Crippen MR) is 61.2 cm³/mol. The van der Waals surface area contributed by atoms with Crippen LogP contribution in [0.5, 0.6) is 0 Å². The molecule has 2 atom stereocenters. The highest BCUT2D eigenvalue weighted by Crippen LogP contribution is 2.25. The van der Waals surface area contributed by atoms with E-state index in [0.717, 1.165) is 18.3 Å². The van der Waals surface area contributed by atoms with Gasteiger partial charge in [0.2, 0.25) is 0 Å². The van der Waals surface area contributed by atoms with E-state index in [1.54, 1.807) is 0 Å². The van der Waals surface area contributed by atoms with E-state index < -0.39 is 0 Å². The molecule has 0 bridgehead atoms. The van der Waals surface area contributed by atoms with E-state index in [1.807, 2.05) is 0 Å². The Balaban J connectivity index is 2.15. The summed E-state index contributed by atoms with van der Waals surface area (Å²) in [5, 5.41) is 4.41. The van der Waals surface area contributed by atoms with Crippen LogP contribution in [0.4, 0.5) is 0 Å². The lowest BCUT2D eigenvalue weighted by molar-refractivity contribution is 0.405. The van der Waals surface area contributed by atoms with Gasteiger partial charge < -0.3 is 11.1 Å². The Labute approximate surface area is 86.0 Å². The summed E-state index contributed by atoms with van der Waals surface area (Å²) in [7, 11) is 0. The molecule has 1 fully saturated rings. The van der Waals surface area contributed by atoms with Crippen LogP contribution in [0.15, 0.2) is 0 Å². The second kappa shape index (κ2) is 5.89. The molecule has 1 aliphatic rings. The van der Waals surface area contributed by atoms with Crippen LogP contribution in [0.3, 0.4) is 0 Å². The Morgan fingerprint density at radius 3 is 2.77 bits per heavy atom. The topological polar surface area (TPSA) is 38.0 Å². The lowest BCUT2D eigenvalue weighted by atomic mass is 10.0. The van der Waals surface area contributed by atoms with E-state index >= 15 is 0 Å². The molecule has 0 saturated carbocycles. The van der Waals surface area contributed by atoms with Gasteiger partial charge in [-0.25, -0.2) is 0 Å². The number of hydrogen-bond acceptors (Lipinski definition) is 3. The average Bonchev–Trinajstić information content (AvgIpc) is 2.57. The second-order valence-electron chi connectivity index (χ2n) is 4.13. The van der Waals surface area contributed by atoms with Crippen LogP contribution in [-0.2, 0) is 0 Å². The van der Waals surface area contributed by atoms with Crippen molar-refractivity contribution in [3.05, 3.63) is 0 Å². The molecule has 78 valence electrons. The van der Waals surface area contributed by atoms with Gasteiger partial charge in [-0.2, -0.15) is 11.8 Å². The minimum absolute atomic E-state index is 0.501. The van der Waals surface area contributed by atoms with Gasteiger partial charge in [-0.15, -0.1) is 0 Å². The maximum atomic E-state index is 5.69. The van der Waals surface area contributed by atoms with Crippen LogP contribution in [-0.4, -0.2) is 30.1 Å². The fourth-order valence-corrected chi connectivity index (χ4v) is 2.89. The third-order valence-corrected chi connectivity index (χ3v) is 4.09. The molecule has 0 radical (unpaired) electrons. The molecule has 0 spiro atoms. The quantitative estimate of drug-likeness (QED) is 0.709. The molecule has 0 aromatic rings. The standard InChI is InChI=1S/C10H22N2S/c1-8(2)10(6-11)12-7-9-4-3-5-13-9/h8-10,12H,3-7,11H2,1-2H3. The average molecular weight is 202 g/mol. The molecule has 0 aromatic carbocycles. The monoisotopic (exact) mass is 202 g/mol. The smallest absolute Gasteiger partial charge is 0.0213 e. The Morgan fingerprint density at radius 2 is 2.31 bits per heavy atom. The van der Waals surface area contributed by atoms with Crippen molar-refractivity contribution in [3.8, 4) is 0 Å². The zero-order chi connectivity index (χ0) is 9.68. The summed E-state index contributed by atoms with van der Waals surface area (Å²) in [5.74, 6) is 2.00. The third kappa shape index (κ3) is 3.88. The largest absolute Gasteiger partial charge is 0.329 e. The van der Waals surface area contributed by atoms with Gasteiger partial charge in [-0.3, -0.25) is 0 Å². The fraction of sp³-hybridized carbons (Fsp3) is 1.00. The number of thioether (sulfide) groups is 1. The van der Waals surface area contributed by atoms with Gasteiger partial charge in [0.25, 0.3) is 0 Å². The van der Waals surface area contributed by atoms with E-state index in [4.69, 9.17) is 5.73 Å². The maximum Gasteiger partial charge on any atom is 0.0213 e. The van der Waals surface area contributed by atoms with Crippen molar-refractivity contribution in [1.29, 1.82) is 0 Å². The lowest BCUT2D eigenvalue weighted by Crippen LogP contribution is -2.42. The van der Waals surface area contributed by atoms with Crippen molar-refractivity contribution in [3.63, 3.8) is 0 Å². The van der Waals surface area contributed by atoms with Gasteiger partial charge in [-0.05, 0) is 24.5 Å². The first kappa shape index (κ1) is 11.3. The number of rotatable bonds is 5. The fourth-order valence-electron chi connectivity index (χ4n) is 1.68. The van der Waals surface area contributed by atoms with E-state index in [2.05, 4.69) is 30.9 Å². The van der Waals surface area contributed by atoms with Gasteiger partial charge >= 0.3 is 0 Å². The Bertz CT molecular complexity index is 133. The van der Waals surface area contributed by atoms with Crippen LogP contribution < -0.4 is 11.1 Å². The van der Waals surface area contributed by atoms with Crippen LogP contribution in [0.2, 0.25) is 0 Å². The van der Waals surface area contributed by atoms with E-state index in [-0.39, 0.29) is 0 Å². The molecule has 0 aromatic heterocycles. The molecule has 1 saturated heterocycles. The third-order valence-electron chi connectivity index (χ3n) is 2.69. The molecule has 13 heavy (non-hydrogen) atoms. The summed E-state index contributed by atoms with van der Waals surface area (Å²) in [4.78, 5) is 0. The van der Waals surface area contributed by atoms with Gasteiger partial charge in [0.05, 0.1) is 0 Å². The first-order chi connectivity index (χ1) is 6.24. The van der Waals surface area contributed by atoms with Crippen molar-refractivity contribution < 1.29 is 0 Å². The van der Waals surface area contributed by atoms with Gasteiger partial charge in [0.15, 0.2) is 0 Å². The molecule has 2 nitrogen and oxygen atoms in total. The van der Waals surface area contributed by atoms with Gasteiger partial charge in [-0.1, -0.05) is 13.8 Å². The summed E-state index contributed by atoms with van der Waals surface area (Å²) in [6, 6.07) is 0.501. The molecule has 1 aliphatic heterocycles. The highest BCUT2D eigenvalue weighted by atomic mass is 32.2. The molecule has 0 amide bonds. The molecular weight excluding hydrogens is 180 g/mol. The van der Waals surface area contributed by atoms with E-state index in [0.29, 0.717) is 12.0 Å². The van der Waals surface area contributed by atoms with Crippen LogP contribution in [0.25, 0.3) is 0 Å². The predicted octanol–water partition coefficient (Wildman–Crippen LogP) is 1.45. The minimum Gasteiger partial charge on any atom is -0.329 e. The molecular formula is C10H22N2S. The zero-order valence-corrected chi connectivity index (χ0v) is 9.57. The van der Waals surface area contributed by atoms with Crippen LogP contribution in [0, 0.1) is 5.92 Å². The second-order valence-corrected chi connectivity index (χ2v) is 5.54. The number of hydrogen-bond donors (Lipinski definition) is 2. The highest BCUT2D eigenvalue weighted by molar-refractivity contribution is 8.00. The SMILES string of the molecule is CC(C)C(CN)NCC1CCCS1. The van der Waals surface area contributed by atoms with Crippen LogP contribution in [0.1, 0.15) is 26.7 Å². The normalized spacial score (nSPS) is 25.4. The van der Waals surface area contributed by atoms with E-state index in [1.165, 1.54) is 18.6 Å². The lowest BCUT2D eigenvalue weighted by Gasteiger charge is -2.22. The van der Waals surface area contributed by atoms with Crippen molar-refractivity contribution in [2.45, 2.75) is 38.0 Å². The van der Waals surface area contributed by atoms with Crippen LogP contribution >= 0.6 is 11.8 Å². The minimum atomic E-state index is 0.501. The van der Waals surface area contributed by atoms with Gasteiger partial charge in [0, 0.05) is 24.4 Å². The molecule has 3 heteroatoms. The highest BCUT2D eigenvalue weighted by Gasteiger charge is 2.17. The zero-order valence-electron chi connectivity index (χ0n) is 8.75. The number of nitrogens with one attached hydrogen (secondary N) is 1. The Kier molecular flexibility index (Phi) is 5.14. The summed E-state index contributed by atoms with van der Waals surface area (Å²) in [6.07, 6.45) is 2.78. The molecule has 1 rings (SSSR count). The van der Waals surface area contributed by atoms with Crippen molar-refractivity contribution >= 4 is 11.8 Å². The van der Waals surface area contributed by atoms with Crippen molar-refractivity contribution in [2.24, 2.45) is 11.7 Å². The summed E-state index contributed by atoms with van der Waals surface area (Å²) >= 11 is 2.10.